The molecule has 0 aliphatic heterocycles. The van der Waals surface area contributed by atoms with Gasteiger partial charge in [-0.2, -0.15) is 8.78 Å². The van der Waals surface area contributed by atoms with Gasteiger partial charge in [-0.3, -0.25) is 4.57 Å². The van der Waals surface area contributed by atoms with Crippen LogP contribution in [0.25, 0.3) is 0 Å². The number of benzene rings is 1. The quantitative estimate of drug-likeness (QED) is 0.578. The van der Waals surface area contributed by atoms with E-state index in [1.54, 1.807) is 12.4 Å². The summed E-state index contributed by atoms with van der Waals surface area (Å²) >= 11 is 4.38. The summed E-state index contributed by atoms with van der Waals surface area (Å²) in [7, 11) is -3.73. The first-order chi connectivity index (χ1) is 10.1. The molecule has 0 aliphatic rings. The monoisotopic (exact) mass is 412 g/mol. The summed E-state index contributed by atoms with van der Waals surface area (Å²) < 4.78 is 40.1. The van der Waals surface area contributed by atoms with Gasteiger partial charge in [-0.05, 0) is 11.6 Å². The van der Waals surface area contributed by atoms with Crippen molar-refractivity contribution in [2.75, 3.05) is 0 Å². The fourth-order valence-corrected chi connectivity index (χ4v) is 3.90. The Morgan fingerprint density at radius 2 is 2.14 bits per heavy atom. The maximum atomic E-state index is 13.7. The zero-order valence-corrected chi connectivity index (χ0v) is 14.6. The van der Waals surface area contributed by atoms with E-state index in [1.807, 2.05) is 11.6 Å². The van der Waals surface area contributed by atoms with E-state index in [9.17, 15) is 13.3 Å². The lowest BCUT2D eigenvalue weighted by atomic mass is 10.1. The van der Waals surface area contributed by atoms with E-state index >= 15 is 0 Å². The summed E-state index contributed by atoms with van der Waals surface area (Å²) in [5.74, 6) is 0.491. The van der Waals surface area contributed by atoms with Gasteiger partial charge in [0.1, 0.15) is 0 Å². The van der Waals surface area contributed by atoms with Gasteiger partial charge >= 0.3 is 13.3 Å². The van der Waals surface area contributed by atoms with Crippen LogP contribution in [-0.2, 0) is 23.0 Å². The van der Waals surface area contributed by atoms with Gasteiger partial charge in [-0.1, -0.05) is 39.8 Å². The predicted molar refractivity (Wildman–Crippen MR) is 82.8 cm³/mol. The number of aryl methyl sites for hydroxylation is 1. The van der Waals surface area contributed by atoms with Crippen molar-refractivity contribution < 1.29 is 23.1 Å². The minimum atomic E-state index is -5.58. The third-order valence-electron chi connectivity index (χ3n) is 2.87. The van der Waals surface area contributed by atoms with Gasteiger partial charge in [0.15, 0.2) is 5.16 Å². The topological polar surface area (TPSA) is 75.4 Å². The van der Waals surface area contributed by atoms with Crippen LogP contribution in [0.4, 0.5) is 8.78 Å². The van der Waals surface area contributed by atoms with Crippen molar-refractivity contribution in [2.45, 2.75) is 16.6 Å². The van der Waals surface area contributed by atoms with Crippen molar-refractivity contribution in [2.24, 2.45) is 7.05 Å². The van der Waals surface area contributed by atoms with Crippen molar-refractivity contribution in [3.8, 4) is 0 Å². The van der Waals surface area contributed by atoms with Crippen LogP contribution in [0.2, 0.25) is 0 Å². The molecule has 10 heteroatoms. The van der Waals surface area contributed by atoms with E-state index in [0.29, 0.717) is 5.75 Å². The van der Waals surface area contributed by atoms with Gasteiger partial charge in [-0.25, -0.2) is 4.98 Å². The fraction of sp³-hybridized carbons (Fsp3) is 0.250. The normalized spacial score (nSPS) is 12.6. The van der Waals surface area contributed by atoms with Gasteiger partial charge < -0.3 is 14.4 Å². The summed E-state index contributed by atoms with van der Waals surface area (Å²) in [6, 6.07) is 3.87. The van der Waals surface area contributed by atoms with E-state index in [2.05, 4.69) is 20.9 Å². The lowest BCUT2D eigenvalue weighted by molar-refractivity contribution is 0.0557. The van der Waals surface area contributed by atoms with E-state index in [-0.39, 0.29) is 4.47 Å². The molecule has 2 N–H and O–H groups in total. The summed E-state index contributed by atoms with van der Waals surface area (Å²) in [6.07, 6.45) is 3.45. The lowest BCUT2D eigenvalue weighted by Crippen LogP contribution is -2.14. The SMILES string of the molecule is Cn1ccnc1SCc1ccc(C(F)(F)P(=O)(O)O)c(Br)c1. The second-order valence-electron chi connectivity index (χ2n) is 4.51. The Kier molecular flexibility index (Phi) is 5.13. The molecule has 0 bridgehead atoms. The molecule has 5 nitrogen and oxygen atoms in total. The van der Waals surface area contributed by atoms with Crippen LogP contribution in [0.15, 0.2) is 40.2 Å². The van der Waals surface area contributed by atoms with E-state index in [1.165, 1.54) is 23.9 Å². The second kappa shape index (κ2) is 6.41. The number of hydrogen-bond donors (Lipinski definition) is 2. The van der Waals surface area contributed by atoms with Crippen molar-refractivity contribution in [1.82, 2.24) is 9.55 Å². The Hall–Kier alpha value is -0.730. The largest absolute Gasteiger partial charge is 0.399 e. The van der Waals surface area contributed by atoms with Gasteiger partial charge in [0.2, 0.25) is 0 Å². The number of rotatable bonds is 5. The highest BCUT2D eigenvalue weighted by Crippen LogP contribution is 2.60. The first-order valence-electron chi connectivity index (χ1n) is 5.95. The van der Waals surface area contributed by atoms with Gasteiger partial charge in [0.25, 0.3) is 0 Å². The summed E-state index contributed by atoms with van der Waals surface area (Å²) in [5, 5.41) is 0.778. The summed E-state index contributed by atoms with van der Waals surface area (Å²) in [5.41, 5.74) is -4.23. The van der Waals surface area contributed by atoms with E-state index in [0.717, 1.165) is 16.8 Å². The Morgan fingerprint density at radius 1 is 1.45 bits per heavy atom. The molecule has 0 fully saturated rings. The van der Waals surface area contributed by atoms with Crippen LogP contribution < -0.4 is 0 Å². The van der Waals surface area contributed by atoms with Crippen LogP contribution >= 0.6 is 35.3 Å². The highest BCUT2D eigenvalue weighted by atomic mass is 79.9. The first-order valence-corrected chi connectivity index (χ1v) is 9.34. The van der Waals surface area contributed by atoms with Crippen LogP contribution in [0, 0.1) is 0 Å². The molecule has 0 atom stereocenters. The Balaban J connectivity index is 2.20. The van der Waals surface area contributed by atoms with Gasteiger partial charge in [0.05, 0.1) is 0 Å². The third-order valence-corrected chi connectivity index (χ3v) is 5.63. The number of thioether (sulfide) groups is 1. The number of aromatic nitrogens is 2. The molecule has 1 aromatic heterocycles. The summed E-state index contributed by atoms with van der Waals surface area (Å²) in [4.78, 5) is 21.7. The molecule has 120 valence electrons. The fourth-order valence-electron chi connectivity index (χ4n) is 1.69. The minimum absolute atomic E-state index is 0.0428. The van der Waals surface area contributed by atoms with E-state index in [4.69, 9.17) is 9.79 Å². The van der Waals surface area contributed by atoms with Crippen molar-refractivity contribution in [1.29, 1.82) is 0 Å². The molecule has 2 rings (SSSR count). The number of nitrogens with zero attached hydrogens (tertiary/aromatic N) is 2. The second-order valence-corrected chi connectivity index (χ2v) is 7.96. The average molecular weight is 413 g/mol. The first kappa shape index (κ1) is 17.6. The molecular formula is C12H12BrF2N2O3PS. The number of alkyl halides is 2. The van der Waals surface area contributed by atoms with Crippen LogP contribution in [0.5, 0.6) is 0 Å². The molecule has 1 aromatic carbocycles. The minimum Gasteiger partial charge on any atom is -0.329 e. The molecule has 0 saturated carbocycles. The number of halogens is 3. The molecule has 0 spiro atoms. The number of hydrogen-bond acceptors (Lipinski definition) is 3. The summed E-state index contributed by atoms with van der Waals surface area (Å²) in [6.45, 7) is 0. The maximum absolute atomic E-state index is 13.7. The van der Waals surface area contributed by atoms with Crippen LogP contribution in [0.1, 0.15) is 11.1 Å². The van der Waals surface area contributed by atoms with Crippen LogP contribution in [-0.4, -0.2) is 19.3 Å². The molecule has 0 amide bonds. The molecule has 0 aliphatic carbocycles. The highest BCUT2D eigenvalue weighted by molar-refractivity contribution is 9.10. The smallest absolute Gasteiger partial charge is 0.329 e. The molecule has 0 radical (unpaired) electrons. The van der Waals surface area contributed by atoms with Crippen LogP contribution in [0.3, 0.4) is 0 Å². The standard InChI is InChI=1S/C12H12BrF2N2O3PS/c1-17-5-4-16-11(17)22-7-8-2-3-9(10(13)6-8)12(14,15)21(18,19)20/h2-6H,7H2,1H3,(H2,18,19,20). The Morgan fingerprint density at radius 3 is 2.64 bits per heavy atom. The Bertz CT molecular complexity index is 735. The average Bonchev–Trinajstić information content (AvgIpc) is 2.80. The molecule has 22 heavy (non-hydrogen) atoms. The highest BCUT2D eigenvalue weighted by Gasteiger charge is 2.51. The predicted octanol–water partition coefficient (Wildman–Crippen LogP) is 3.70. The molecular weight excluding hydrogens is 401 g/mol. The Labute approximate surface area is 138 Å². The zero-order chi connectivity index (χ0) is 16.5. The van der Waals surface area contributed by atoms with Gasteiger partial charge in [0, 0.05) is 35.2 Å². The third kappa shape index (κ3) is 3.60. The maximum Gasteiger partial charge on any atom is 0.399 e. The van der Waals surface area contributed by atoms with Crippen molar-refractivity contribution in [3.63, 3.8) is 0 Å². The molecule has 0 unspecified atom stereocenters. The van der Waals surface area contributed by atoms with Crippen molar-refractivity contribution >= 4 is 35.3 Å². The number of imidazole rings is 1. The lowest BCUT2D eigenvalue weighted by Gasteiger charge is -2.19. The van der Waals surface area contributed by atoms with E-state index < -0.39 is 18.8 Å². The van der Waals surface area contributed by atoms with Crippen molar-refractivity contribution in [3.05, 3.63) is 46.2 Å². The van der Waals surface area contributed by atoms with Gasteiger partial charge in [-0.15, -0.1) is 0 Å². The molecule has 0 saturated heterocycles. The molecule has 2 aromatic rings. The molecule has 1 heterocycles. The zero-order valence-electron chi connectivity index (χ0n) is 11.3.